The average molecular weight is 479 g/mol. The number of rotatable bonds is 8. The summed E-state index contributed by atoms with van der Waals surface area (Å²) in [6, 6.07) is 0.493. The Morgan fingerprint density at radius 3 is 2.50 bits per heavy atom. The number of hydrogen-bond donors (Lipinski definition) is 2. The highest BCUT2D eigenvalue weighted by Crippen LogP contribution is 2.19. The smallest absolute Gasteiger partial charge is 0.191 e. The van der Waals surface area contributed by atoms with Gasteiger partial charge in [0.2, 0.25) is 0 Å². The molecule has 1 aromatic heterocycles. The number of halogens is 1. The van der Waals surface area contributed by atoms with E-state index in [1.165, 1.54) is 12.8 Å². The van der Waals surface area contributed by atoms with Gasteiger partial charge in [-0.2, -0.15) is 0 Å². The second-order valence-electron chi connectivity index (χ2n) is 6.46. The molecule has 1 aliphatic rings. The van der Waals surface area contributed by atoms with Crippen LogP contribution in [0, 0.1) is 5.92 Å². The summed E-state index contributed by atoms with van der Waals surface area (Å²) < 4.78 is 7.43. The molecule has 0 spiro atoms. The Bertz CT molecular complexity index is 527. The second kappa shape index (κ2) is 12.4. The molecule has 1 fully saturated rings. The molecule has 1 atom stereocenters. The number of aliphatic imine (C=N–C) groups is 1. The van der Waals surface area contributed by atoms with E-state index >= 15 is 0 Å². The molecular weight excluding hydrogens is 445 g/mol. The Kier molecular flexibility index (Phi) is 11.1. The second-order valence-corrected chi connectivity index (χ2v) is 6.46. The highest BCUT2D eigenvalue weighted by Gasteiger charge is 2.27. The van der Waals surface area contributed by atoms with E-state index in [-0.39, 0.29) is 24.0 Å². The SMILES string of the molecule is CCC(CC)C(CNC(=NC)NCc1nncn1C)N1CCOCC1.I. The number of guanidine groups is 1. The lowest BCUT2D eigenvalue weighted by Gasteiger charge is -2.39. The third kappa shape index (κ3) is 6.66. The number of nitrogens with one attached hydrogen (secondary N) is 2. The number of aromatic nitrogens is 3. The Hall–Kier alpha value is -0.940. The zero-order valence-corrected chi connectivity index (χ0v) is 18.8. The Labute approximate surface area is 174 Å². The van der Waals surface area contributed by atoms with Crippen molar-refractivity contribution in [2.45, 2.75) is 39.3 Å². The van der Waals surface area contributed by atoms with E-state index in [1.807, 2.05) is 11.6 Å². The van der Waals surface area contributed by atoms with E-state index in [9.17, 15) is 0 Å². The van der Waals surface area contributed by atoms with E-state index in [0.29, 0.717) is 18.5 Å². The molecule has 1 saturated heterocycles. The van der Waals surface area contributed by atoms with Crippen LogP contribution in [0.2, 0.25) is 0 Å². The van der Waals surface area contributed by atoms with Gasteiger partial charge in [-0.15, -0.1) is 34.2 Å². The fraction of sp³-hybridized carbons (Fsp3) is 0.824. The van der Waals surface area contributed by atoms with Gasteiger partial charge < -0.3 is 19.9 Å². The predicted octanol–water partition coefficient (Wildman–Crippen LogP) is 1.24. The van der Waals surface area contributed by atoms with E-state index in [0.717, 1.165) is 44.6 Å². The van der Waals surface area contributed by atoms with Crippen molar-refractivity contribution in [1.82, 2.24) is 30.3 Å². The molecule has 0 aromatic carbocycles. The molecule has 150 valence electrons. The first-order valence-corrected chi connectivity index (χ1v) is 9.28. The molecule has 8 nitrogen and oxygen atoms in total. The third-order valence-electron chi connectivity index (χ3n) is 5.03. The molecule has 1 aromatic rings. The number of morpholine rings is 1. The molecule has 2 N–H and O–H groups in total. The molecule has 26 heavy (non-hydrogen) atoms. The minimum atomic E-state index is 0. The largest absolute Gasteiger partial charge is 0.379 e. The first-order valence-electron chi connectivity index (χ1n) is 9.28. The first kappa shape index (κ1) is 23.1. The van der Waals surface area contributed by atoms with Crippen LogP contribution >= 0.6 is 24.0 Å². The van der Waals surface area contributed by atoms with Crippen LogP contribution in [0.3, 0.4) is 0 Å². The zero-order valence-electron chi connectivity index (χ0n) is 16.4. The maximum Gasteiger partial charge on any atom is 0.191 e. The lowest BCUT2D eigenvalue weighted by Crippen LogP contribution is -2.53. The molecule has 0 bridgehead atoms. The molecule has 2 rings (SSSR count). The van der Waals surface area contributed by atoms with Gasteiger partial charge in [0.1, 0.15) is 6.33 Å². The lowest BCUT2D eigenvalue weighted by molar-refractivity contribution is 0.00272. The van der Waals surface area contributed by atoms with Gasteiger partial charge in [-0.1, -0.05) is 26.7 Å². The van der Waals surface area contributed by atoms with Gasteiger partial charge in [0.25, 0.3) is 0 Å². The summed E-state index contributed by atoms with van der Waals surface area (Å²) in [7, 11) is 3.74. The maximum absolute atomic E-state index is 5.52. The highest BCUT2D eigenvalue weighted by atomic mass is 127. The van der Waals surface area contributed by atoms with E-state index in [2.05, 4.69) is 44.6 Å². The van der Waals surface area contributed by atoms with Crippen molar-refractivity contribution in [1.29, 1.82) is 0 Å². The Balaban J connectivity index is 0.00000338. The highest BCUT2D eigenvalue weighted by molar-refractivity contribution is 14.0. The summed E-state index contributed by atoms with van der Waals surface area (Å²) in [6.07, 6.45) is 4.07. The van der Waals surface area contributed by atoms with Gasteiger partial charge in [0, 0.05) is 39.8 Å². The summed E-state index contributed by atoms with van der Waals surface area (Å²) in [5.41, 5.74) is 0. The summed E-state index contributed by atoms with van der Waals surface area (Å²) in [6.45, 7) is 9.72. The van der Waals surface area contributed by atoms with Crippen LogP contribution in [-0.4, -0.2) is 71.6 Å². The standard InChI is InChI=1S/C17H33N7O.HI/c1-5-14(6-2)15(24-7-9-25-10-8-24)11-19-17(18-3)20-12-16-22-21-13-23(16)4;/h13-15H,5-12H2,1-4H3,(H2,18,19,20);1H. The summed E-state index contributed by atoms with van der Waals surface area (Å²) in [5.74, 6) is 2.35. The van der Waals surface area contributed by atoms with Crippen molar-refractivity contribution in [3.8, 4) is 0 Å². The fourth-order valence-corrected chi connectivity index (χ4v) is 3.39. The molecular formula is C17H34IN7O. The third-order valence-corrected chi connectivity index (χ3v) is 5.03. The molecule has 0 radical (unpaired) electrons. The van der Waals surface area contributed by atoms with Crippen molar-refractivity contribution in [2.75, 3.05) is 39.9 Å². The number of hydrogen-bond acceptors (Lipinski definition) is 5. The molecule has 2 heterocycles. The Morgan fingerprint density at radius 1 is 1.27 bits per heavy atom. The molecule has 0 amide bonds. The van der Waals surface area contributed by atoms with Gasteiger partial charge in [0.05, 0.1) is 19.8 Å². The van der Waals surface area contributed by atoms with E-state index < -0.39 is 0 Å². The first-order chi connectivity index (χ1) is 12.2. The molecule has 0 saturated carbocycles. The minimum Gasteiger partial charge on any atom is -0.379 e. The lowest BCUT2D eigenvalue weighted by atomic mass is 9.92. The predicted molar refractivity (Wildman–Crippen MR) is 115 cm³/mol. The minimum absolute atomic E-state index is 0. The molecule has 9 heteroatoms. The topological polar surface area (TPSA) is 79.6 Å². The van der Waals surface area contributed by atoms with Gasteiger partial charge in [0.15, 0.2) is 11.8 Å². The van der Waals surface area contributed by atoms with Gasteiger partial charge >= 0.3 is 0 Å². The normalized spacial score (nSPS) is 17.0. The zero-order chi connectivity index (χ0) is 18.1. The van der Waals surface area contributed by atoms with Crippen molar-refractivity contribution >= 4 is 29.9 Å². The Morgan fingerprint density at radius 2 is 1.96 bits per heavy atom. The quantitative estimate of drug-likeness (QED) is 0.332. The average Bonchev–Trinajstić information content (AvgIpc) is 3.06. The van der Waals surface area contributed by atoms with Crippen LogP contribution in [0.4, 0.5) is 0 Å². The number of ether oxygens (including phenoxy) is 1. The van der Waals surface area contributed by atoms with Crippen LogP contribution in [0.1, 0.15) is 32.5 Å². The van der Waals surface area contributed by atoms with Crippen molar-refractivity contribution in [3.63, 3.8) is 0 Å². The summed E-state index contributed by atoms with van der Waals surface area (Å²) in [4.78, 5) is 6.90. The number of nitrogens with zero attached hydrogens (tertiary/aromatic N) is 5. The van der Waals surface area contributed by atoms with E-state index in [4.69, 9.17) is 4.74 Å². The monoisotopic (exact) mass is 479 g/mol. The molecule has 1 aliphatic heterocycles. The van der Waals surface area contributed by atoms with E-state index in [1.54, 1.807) is 13.4 Å². The van der Waals surface area contributed by atoms with Crippen molar-refractivity contribution in [2.24, 2.45) is 18.0 Å². The van der Waals surface area contributed by atoms with Crippen LogP contribution < -0.4 is 10.6 Å². The van der Waals surface area contributed by atoms with Gasteiger partial charge in [-0.3, -0.25) is 9.89 Å². The van der Waals surface area contributed by atoms with Crippen LogP contribution in [0.15, 0.2) is 11.3 Å². The molecule has 1 unspecified atom stereocenters. The van der Waals surface area contributed by atoms with Crippen LogP contribution in [0.5, 0.6) is 0 Å². The number of aryl methyl sites for hydroxylation is 1. The van der Waals surface area contributed by atoms with Crippen molar-refractivity contribution < 1.29 is 4.74 Å². The van der Waals surface area contributed by atoms with Crippen molar-refractivity contribution in [3.05, 3.63) is 12.2 Å². The fourth-order valence-electron chi connectivity index (χ4n) is 3.39. The van der Waals surface area contributed by atoms with Crippen LogP contribution in [0.25, 0.3) is 0 Å². The summed E-state index contributed by atoms with van der Waals surface area (Å²) >= 11 is 0. The van der Waals surface area contributed by atoms with Gasteiger partial charge in [-0.25, -0.2) is 0 Å². The van der Waals surface area contributed by atoms with Crippen LogP contribution in [-0.2, 0) is 18.3 Å². The van der Waals surface area contributed by atoms with Gasteiger partial charge in [-0.05, 0) is 5.92 Å². The maximum atomic E-state index is 5.52. The summed E-state index contributed by atoms with van der Waals surface area (Å²) in [5, 5.41) is 14.8. The molecule has 0 aliphatic carbocycles.